The Labute approximate surface area is 101 Å². The third-order valence-corrected chi connectivity index (χ3v) is 2.96. The normalized spacial score (nSPS) is 10.4. The summed E-state index contributed by atoms with van der Waals surface area (Å²) >= 11 is 1.49. The van der Waals surface area contributed by atoms with Gasteiger partial charge in [-0.25, -0.2) is 9.78 Å². The van der Waals surface area contributed by atoms with Gasteiger partial charge in [0.25, 0.3) is 5.56 Å². The average Bonchev–Trinajstić information content (AvgIpc) is 2.80. The van der Waals surface area contributed by atoms with Gasteiger partial charge in [-0.05, 0) is 6.07 Å². The van der Waals surface area contributed by atoms with Gasteiger partial charge >= 0.3 is 5.97 Å². The molecular weight excluding hydrogens is 240 g/mol. The molecule has 0 saturated heterocycles. The fraction of sp³-hybridized carbons (Fsp3) is 0.182. The minimum atomic E-state index is -1.03. The molecular formula is C11H10N2O3S. The third-order valence-electron chi connectivity index (χ3n) is 2.32. The van der Waals surface area contributed by atoms with Crippen LogP contribution >= 0.6 is 11.3 Å². The van der Waals surface area contributed by atoms with Gasteiger partial charge in [-0.15, -0.1) is 11.3 Å². The number of aromatic nitrogens is 2. The second-order valence-electron chi connectivity index (χ2n) is 3.48. The van der Waals surface area contributed by atoms with Crippen LogP contribution in [0.15, 0.2) is 34.0 Å². The maximum Gasteiger partial charge on any atom is 0.337 e. The first-order chi connectivity index (χ1) is 8.16. The lowest BCUT2D eigenvalue weighted by Gasteiger charge is -2.04. The Balaban J connectivity index is 2.17. The van der Waals surface area contributed by atoms with E-state index in [1.807, 2.05) is 5.38 Å². The van der Waals surface area contributed by atoms with Crippen molar-refractivity contribution in [3.8, 4) is 0 Å². The largest absolute Gasteiger partial charge is 0.478 e. The zero-order chi connectivity index (χ0) is 12.3. The number of pyridine rings is 1. The van der Waals surface area contributed by atoms with Gasteiger partial charge in [0.2, 0.25) is 0 Å². The molecule has 0 atom stereocenters. The molecule has 0 amide bonds. The summed E-state index contributed by atoms with van der Waals surface area (Å²) in [5.41, 5.74) is 2.54. The van der Waals surface area contributed by atoms with Gasteiger partial charge in [0.1, 0.15) is 0 Å². The van der Waals surface area contributed by atoms with E-state index < -0.39 is 5.97 Å². The van der Waals surface area contributed by atoms with Crippen LogP contribution in [-0.2, 0) is 13.0 Å². The van der Waals surface area contributed by atoms with Gasteiger partial charge in [-0.1, -0.05) is 0 Å². The van der Waals surface area contributed by atoms with Crippen LogP contribution in [0.5, 0.6) is 0 Å². The average molecular weight is 250 g/mol. The molecule has 0 spiro atoms. The summed E-state index contributed by atoms with van der Waals surface area (Å²) in [7, 11) is 0. The number of nitrogens with zero attached hydrogens (tertiary/aromatic N) is 2. The molecule has 2 heterocycles. The third kappa shape index (κ3) is 2.79. The number of rotatable bonds is 4. The number of aromatic carboxylic acids is 1. The number of carboxylic acid groups (broad SMARTS) is 1. The number of thiazole rings is 1. The topological polar surface area (TPSA) is 72.2 Å². The highest BCUT2D eigenvalue weighted by molar-refractivity contribution is 7.07. The molecule has 0 aliphatic rings. The van der Waals surface area contributed by atoms with Crippen LogP contribution < -0.4 is 5.56 Å². The molecule has 5 nitrogen and oxygen atoms in total. The van der Waals surface area contributed by atoms with Crippen LogP contribution in [0.3, 0.4) is 0 Å². The Kier molecular flexibility index (Phi) is 3.34. The Morgan fingerprint density at radius 1 is 1.47 bits per heavy atom. The van der Waals surface area contributed by atoms with E-state index in [0.717, 1.165) is 5.69 Å². The molecule has 0 bridgehead atoms. The smallest absolute Gasteiger partial charge is 0.337 e. The van der Waals surface area contributed by atoms with Crippen molar-refractivity contribution in [2.45, 2.75) is 13.0 Å². The first kappa shape index (κ1) is 11.5. The summed E-state index contributed by atoms with van der Waals surface area (Å²) in [6, 6.07) is 2.58. The molecule has 0 aliphatic carbocycles. The van der Waals surface area contributed by atoms with Crippen molar-refractivity contribution >= 4 is 17.3 Å². The van der Waals surface area contributed by atoms with Crippen molar-refractivity contribution in [2.24, 2.45) is 0 Å². The summed E-state index contributed by atoms with van der Waals surface area (Å²) in [4.78, 5) is 26.4. The molecule has 6 heteroatoms. The highest BCUT2D eigenvalue weighted by Gasteiger charge is 2.05. The van der Waals surface area contributed by atoms with Crippen molar-refractivity contribution < 1.29 is 9.90 Å². The molecule has 0 saturated carbocycles. The Morgan fingerprint density at radius 2 is 2.29 bits per heavy atom. The van der Waals surface area contributed by atoms with E-state index in [9.17, 15) is 9.59 Å². The van der Waals surface area contributed by atoms with E-state index in [1.54, 1.807) is 5.51 Å². The van der Waals surface area contributed by atoms with Crippen molar-refractivity contribution in [2.75, 3.05) is 0 Å². The molecule has 2 aromatic rings. The quantitative estimate of drug-likeness (QED) is 0.886. The van der Waals surface area contributed by atoms with Gasteiger partial charge in [-0.2, -0.15) is 0 Å². The molecule has 1 N–H and O–H groups in total. The molecule has 17 heavy (non-hydrogen) atoms. The van der Waals surface area contributed by atoms with Crippen molar-refractivity contribution in [1.29, 1.82) is 0 Å². The minimum absolute atomic E-state index is 0.114. The fourth-order valence-electron chi connectivity index (χ4n) is 1.43. The van der Waals surface area contributed by atoms with Gasteiger partial charge in [-0.3, -0.25) is 4.79 Å². The van der Waals surface area contributed by atoms with Gasteiger partial charge in [0.05, 0.1) is 16.8 Å². The zero-order valence-electron chi connectivity index (χ0n) is 8.87. The van der Waals surface area contributed by atoms with Crippen molar-refractivity contribution in [1.82, 2.24) is 9.55 Å². The first-order valence-corrected chi connectivity index (χ1v) is 5.92. The summed E-state index contributed by atoms with van der Waals surface area (Å²) in [6.07, 6.45) is 1.98. The molecule has 0 unspecified atom stereocenters. The van der Waals surface area contributed by atoms with Crippen LogP contribution in [0.2, 0.25) is 0 Å². The molecule has 0 aromatic carbocycles. The van der Waals surface area contributed by atoms with Crippen LogP contribution in [0.25, 0.3) is 0 Å². The zero-order valence-corrected chi connectivity index (χ0v) is 9.68. The monoisotopic (exact) mass is 250 g/mol. The number of aryl methyl sites for hydroxylation is 2. The lowest BCUT2D eigenvalue weighted by Crippen LogP contribution is -2.21. The lowest BCUT2D eigenvalue weighted by atomic mass is 10.2. The highest BCUT2D eigenvalue weighted by Crippen LogP contribution is 2.03. The predicted molar refractivity (Wildman–Crippen MR) is 63.5 cm³/mol. The Morgan fingerprint density at radius 3 is 2.94 bits per heavy atom. The molecule has 0 fully saturated rings. The Bertz CT molecular complexity index is 575. The van der Waals surface area contributed by atoms with Gasteiger partial charge in [0.15, 0.2) is 0 Å². The first-order valence-electron chi connectivity index (χ1n) is 4.97. The van der Waals surface area contributed by atoms with Gasteiger partial charge < -0.3 is 9.67 Å². The number of carbonyl (C=O) groups is 1. The second-order valence-corrected chi connectivity index (χ2v) is 4.20. The van der Waals surface area contributed by atoms with E-state index in [-0.39, 0.29) is 11.1 Å². The highest BCUT2D eigenvalue weighted by atomic mass is 32.1. The summed E-state index contributed by atoms with van der Waals surface area (Å²) < 4.78 is 1.39. The van der Waals surface area contributed by atoms with Crippen LogP contribution in [-0.4, -0.2) is 20.6 Å². The van der Waals surface area contributed by atoms with Crippen LogP contribution in [0.1, 0.15) is 16.1 Å². The predicted octanol–water partition coefficient (Wildman–Crippen LogP) is 1.25. The van der Waals surface area contributed by atoms with E-state index >= 15 is 0 Å². The van der Waals surface area contributed by atoms with Crippen molar-refractivity contribution in [3.63, 3.8) is 0 Å². The van der Waals surface area contributed by atoms with E-state index in [2.05, 4.69) is 4.98 Å². The lowest BCUT2D eigenvalue weighted by molar-refractivity contribution is 0.0696. The van der Waals surface area contributed by atoms with E-state index in [1.165, 1.54) is 34.2 Å². The number of carboxylic acids is 1. The van der Waals surface area contributed by atoms with Crippen molar-refractivity contribution in [3.05, 3.63) is 50.8 Å². The SMILES string of the molecule is O=C(O)c1ccc(=O)n(CCc2cscn2)c1. The summed E-state index contributed by atoms with van der Waals surface area (Å²) in [5, 5.41) is 10.7. The molecule has 0 aliphatic heterocycles. The minimum Gasteiger partial charge on any atom is -0.478 e. The maximum absolute atomic E-state index is 11.5. The maximum atomic E-state index is 11.5. The van der Waals surface area contributed by atoms with E-state index in [0.29, 0.717) is 13.0 Å². The number of hydrogen-bond donors (Lipinski definition) is 1. The van der Waals surface area contributed by atoms with Crippen LogP contribution in [0.4, 0.5) is 0 Å². The van der Waals surface area contributed by atoms with Crippen LogP contribution in [0, 0.1) is 0 Å². The van der Waals surface area contributed by atoms with E-state index in [4.69, 9.17) is 5.11 Å². The second kappa shape index (κ2) is 4.92. The summed E-state index contributed by atoms with van der Waals surface area (Å²) in [5.74, 6) is -1.03. The Hall–Kier alpha value is -1.95. The molecule has 2 rings (SSSR count). The molecule has 0 radical (unpaired) electrons. The standard InChI is InChI=1S/C11H10N2O3S/c14-10-2-1-8(11(15)16)5-13(10)4-3-9-6-17-7-12-9/h1-2,5-7H,3-4H2,(H,15,16). The fourth-order valence-corrected chi connectivity index (χ4v) is 2.02. The van der Waals surface area contributed by atoms with Gasteiger partial charge in [0, 0.05) is 30.6 Å². The molecule has 2 aromatic heterocycles. The molecule has 88 valence electrons. The summed E-state index contributed by atoms with van der Waals surface area (Å²) in [6.45, 7) is 0.434. The number of hydrogen-bond acceptors (Lipinski definition) is 4.